The zero-order chi connectivity index (χ0) is 15.1. The van der Waals surface area contributed by atoms with Gasteiger partial charge in [0.05, 0.1) is 25.3 Å². The first-order chi connectivity index (χ1) is 10.2. The molecule has 0 amide bonds. The summed E-state index contributed by atoms with van der Waals surface area (Å²) in [6.45, 7) is 2.55. The molecule has 1 aromatic heterocycles. The quantitative estimate of drug-likeness (QED) is 0.829. The minimum atomic E-state index is -0.270. The minimum Gasteiger partial charge on any atom is -0.466 e. The summed E-state index contributed by atoms with van der Waals surface area (Å²) in [7, 11) is 0. The smallest absolute Gasteiger partial charge is 0.311 e. The van der Waals surface area contributed by atoms with E-state index < -0.39 is 0 Å². The van der Waals surface area contributed by atoms with Crippen LogP contribution in [0.5, 0.6) is 0 Å². The number of ether oxygens (including phenoxy) is 1. The Labute approximate surface area is 127 Å². The van der Waals surface area contributed by atoms with Crippen molar-refractivity contribution in [2.45, 2.75) is 19.9 Å². The van der Waals surface area contributed by atoms with E-state index in [0.717, 1.165) is 16.2 Å². The molecule has 6 heteroatoms. The highest BCUT2D eigenvalue weighted by Crippen LogP contribution is 2.11. The highest BCUT2D eigenvalue weighted by Gasteiger charge is 2.10. The molecule has 5 nitrogen and oxygen atoms in total. The molecule has 1 N–H and O–H groups in total. The van der Waals surface area contributed by atoms with Crippen LogP contribution in [0.3, 0.4) is 0 Å². The standard InChI is InChI=1S/C15H18N2O3S/c1-2-20-14(19)10-13-11-21-15(17(13)8-9-18)16-12-6-4-3-5-7-12/h3-7,11,18H,2,8-10H2,1H3. The van der Waals surface area contributed by atoms with Crippen LogP contribution in [0, 0.1) is 0 Å². The third kappa shape index (κ3) is 4.27. The number of benzene rings is 1. The van der Waals surface area contributed by atoms with Crippen molar-refractivity contribution in [3.8, 4) is 0 Å². The molecular formula is C15H18N2O3S. The predicted octanol–water partition coefficient (Wildman–Crippen LogP) is 1.88. The molecule has 112 valence electrons. The Hall–Kier alpha value is -1.92. The first-order valence-corrected chi connectivity index (χ1v) is 7.66. The zero-order valence-electron chi connectivity index (χ0n) is 11.9. The van der Waals surface area contributed by atoms with E-state index in [1.165, 1.54) is 11.3 Å². The molecule has 2 aromatic rings. The van der Waals surface area contributed by atoms with Gasteiger partial charge in [-0.1, -0.05) is 18.2 Å². The van der Waals surface area contributed by atoms with Gasteiger partial charge in [0.15, 0.2) is 4.80 Å². The molecule has 0 saturated carbocycles. The van der Waals surface area contributed by atoms with E-state index in [2.05, 4.69) is 4.99 Å². The Morgan fingerprint density at radius 3 is 2.81 bits per heavy atom. The minimum absolute atomic E-state index is 0.00542. The molecule has 0 unspecified atom stereocenters. The van der Waals surface area contributed by atoms with Gasteiger partial charge in [-0.25, -0.2) is 4.99 Å². The largest absolute Gasteiger partial charge is 0.466 e. The van der Waals surface area contributed by atoms with Crippen molar-refractivity contribution in [2.75, 3.05) is 13.2 Å². The lowest BCUT2D eigenvalue weighted by atomic mass is 10.3. The van der Waals surface area contributed by atoms with Crippen molar-refractivity contribution >= 4 is 23.0 Å². The number of nitrogens with zero attached hydrogens (tertiary/aromatic N) is 2. The molecule has 0 aliphatic carbocycles. The van der Waals surface area contributed by atoms with Gasteiger partial charge >= 0.3 is 5.97 Å². The van der Waals surface area contributed by atoms with E-state index in [1.807, 2.05) is 40.3 Å². The van der Waals surface area contributed by atoms with Crippen LogP contribution in [0.4, 0.5) is 5.69 Å². The topological polar surface area (TPSA) is 63.8 Å². The van der Waals surface area contributed by atoms with Crippen molar-refractivity contribution in [3.05, 3.63) is 46.2 Å². The van der Waals surface area contributed by atoms with Crippen LogP contribution in [-0.2, 0) is 22.5 Å². The lowest BCUT2D eigenvalue weighted by molar-refractivity contribution is -0.142. The fraction of sp³-hybridized carbons (Fsp3) is 0.333. The summed E-state index contributed by atoms with van der Waals surface area (Å²) in [6, 6.07) is 9.59. The average molecular weight is 306 g/mol. The predicted molar refractivity (Wildman–Crippen MR) is 81.4 cm³/mol. The maximum absolute atomic E-state index is 11.6. The molecule has 0 aliphatic heterocycles. The Morgan fingerprint density at radius 1 is 1.38 bits per heavy atom. The van der Waals surface area contributed by atoms with Crippen LogP contribution in [0.25, 0.3) is 0 Å². The first-order valence-electron chi connectivity index (χ1n) is 6.78. The summed E-state index contributed by atoms with van der Waals surface area (Å²) >= 11 is 1.45. The van der Waals surface area contributed by atoms with Crippen LogP contribution in [0.15, 0.2) is 40.7 Å². The second kappa shape index (κ2) is 7.75. The van der Waals surface area contributed by atoms with E-state index in [0.29, 0.717) is 13.2 Å². The molecule has 21 heavy (non-hydrogen) atoms. The number of aliphatic hydroxyl groups is 1. The van der Waals surface area contributed by atoms with Crippen molar-refractivity contribution in [1.29, 1.82) is 0 Å². The first kappa shape index (κ1) is 15.5. The number of carbonyl (C=O) groups is 1. The van der Waals surface area contributed by atoms with Crippen molar-refractivity contribution in [2.24, 2.45) is 4.99 Å². The number of aromatic nitrogens is 1. The maximum Gasteiger partial charge on any atom is 0.311 e. The zero-order valence-corrected chi connectivity index (χ0v) is 12.7. The second-order valence-corrected chi connectivity index (χ2v) is 5.15. The number of rotatable bonds is 6. The Morgan fingerprint density at radius 2 is 2.14 bits per heavy atom. The number of aliphatic hydroxyl groups excluding tert-OH is 1. The summed E-state index contributed by atoms with van der Waals surface area (Å²) in [4.78, 5) is 16.9. The number of thiazole rings is 1. The monoisotopic (exact) mass is 306 g/mol. The second-order valence-electron chi connectivity index (χ2n) is 4.31. The summed E-state index contributed by atoms with van der Waals surface area (Å²) in [5, 5.41) is 11.1. The van der Waals surface area contributed by atoms with E-state index in [9.17, 15) is 9.90 Å². The number of esters is 1. The Kier molecular flexibility index (Phi) is 5.71. The van der Waals surface area contributed by atoms with Gasteiger partial charge in [-0.15, -0.1) is 11.3 Å². The molecular weight excluding hydrogens is 288 g/mol. The number of para-hydroxylation sites is 1. The van der Waals surface area contributed by atoms with Gasteiger partial charge in [0.2, 0.25) is 0 Å². The molecule has 0 spiro atoms. The van der Waals surface area contributed by atoms with Gasteiger partial charge < -0.3 is 14.4 Å². The molecule has 0 saturated heterocycles. The Balaban J connectivity index is 2.32. The van der Waals surface area contributed by atoms with E-state index in [1.54, 1.807) is 6.92 Å². The van der Waals surface area contributed by atoms with E-state index in [-0.39, 0.29) is 19.0 Å². The van der Waals surface area contributed by atoms with Crippen molar-refractivity contribution in [1.82, 2.24) is 4.57 Å². The normalized spacial score (nSPS) is 11.6. The van der Waals surface area contributed by atoms with Gasteiger partial charge in [0.1, 0.15) is 0 Å². The lowest BCUT2D eigenvalue weighted by Crippen LogP contribution is -2.21. The maximum atomic E-state index is 11.6. The van der Waals surface area contributed by atoms with Gasteiger partial charge in [-0.05, 0) is 19.1 Å². The van der Waals surface area contributed by atoms with E-state index >= 15 is 0 Å². The number of carbonyl (C=O) groups excluding carboxylic acids is 1. The van der Waals surface area contributed by atoms with Gasteiger partial charge in [-0.2, -0.15) is 0 Å². The van der Waals surface area contributed by atoms with Crippen LogP contribution in [0.2, 0.25) is 0 Å². The third-order valence-electron chi connectivity index (χ3n) is 2.81. The molecule has 0 radical (unpaired) electrons. The van der Waals surface area contributed by atoms with Crippen LogP contribution in [-0.4, -0.2) is 28.9 Å². The molecule has 2 rings (SSSR count). The van der Waals surface area contributed by atoms with Crippen LogP contribution < -0.4 is 4.80 Å². The third-order valence-corrected chi connectivity index (χ3v) is 3.73. The summed E-state index contributed by atoms with van der Waals surface area (Å²) in [5.74, 6) is -0.270. The highest BCUT2D eigenvalue weighted by atomic mass is 32.1. The molecule has 0 atom stereocenters. The fourth-order valence-electron chi connectivity index (χ4n) is 1.91. The lowest BCUT2D eigenvalue weighted by Gasteiger charge is -2.06. The summed E-state index contributed by atoms with van der Waals surface area (Å²) < 4.78 is 6.82. The Bertz CT molecular complexity index is 646. The molecule has 0 aliphatic rings. The summed E-state index contributed by atoms with van der Waals surface area (Å²) in [5.41, 5.74) is 1.65. The SMILES string of the molecule is CCOC(=O)Cc1csc(=Nc2ccccc2)n1CCO. The van der Waals surface area contributed by atoms with Gasteiger partial charge in [-0.3, -0.25) is 4.79 Å². The molecule has 0 fully saturated rings. The van der Waals surface area contributed by atoms with Crippen molar-refractivity contribution in [3.63, 3.8) is 0 Å². The van der Waals surface area contributed by atoms with Gasteiger partial charge in [0.25, 0.3) is 0 Å². The molecule has 1 heterocycles. The van der Waals surface area contributed by atoms with Crippen LogP contribution in [0.1, 0.15) is 12.6 Å². The fourth-order valence-corrected chi connectivity index (χ4v) is 2.85. The van der Waals surface area contributed by atoms with Gasteiger partial charge in [0, 0.05) is 17.6 Å². The van der Waals surface area contributed by atoms with E-state index in [4.69, 9.17) is 4.74 Å². The summed E-state index contributed by atoms with van der Waals surface area (Å²) in [6.07, 6.45) is 0.189. The molecule has 1 aromatic carbocycles. The molecule has 0 bridgehead atoms. The average Bonchev–Trinajstić information content (AvgIpc) is 2.83. The number of hydrogen-bond acceptors (Lipinski definition) is 5. The highest BCUT2D eigenvalue weighted by molar-refractivity contribution is 7.07. The number of hydrogen-bond donors (Lipinski definition) is 1. The van der Waals surface area contributed by atoms with Crippen LogP contribution >= 0.6 is 11.3 Å². The van der Waals surface area contributed by atoms with Crippen molar-refractivity contribution < 1.29 is 14.6 Å².